The van der Waals surface area contributed by atoms with Gasteiger partial charge in [-0.05, 0) is 6.08 Å². The van der Waals surface area contributed by atoms with Crippen molar-refractivity contribution in [2.24, 2.45) is 0 Å². The van der Waals surface area contributed by atoms with Gasteiger partial charge in [-0.25, -0.2) is 15.0 Å². The van der Waals surface area contributed by atoms with Gasteiger partial charge in [-0.15, -0.1) is 0 Å². The Morgan fingerprint density at radius 3 is 2.38 bits per heavy atom. The summed E-state index contributed by atoms with van der Waals surface area (Å²) in [6.45, 7) is 3.48. The Kier molecular flexibility index (Phi) is 1.32. The van der Waals surface area contributed by atoms with E-state index in [1.165, 1.54) is 12.7 Å². The molecule has 40 valence electrons. The largest absolute Gasteiger partial charge is 0.225 e. The van der Waals surface area contributed by atoms with Crippen LogP contribution >= 0.6 is 0 Å². The molecule has 0 bridgehead atoms. The summed E-state index contributed by atoms with van der Waals surface area (Å²) in [6.07, 6.45) is 4.44. The first-order chi connectivity index (χ1) is 3.93. The molecule has 0 aliphatic rings. The third-order valence-electron chi connectivity index (χ3n) is 0.696. The molecule has 0 saturated carbocycles. The van der Waals surface area contributed by atoms with Gasteiger partial charge in [0.2, 0.25) is 0 Å². The van der Waals surface area contributed by atoms with Crippen LogP contribution in [-0.2, 0) is 0 Å². The Labute approximate surface area is 47.1 Å². The third-order valence-corrected chi connectivity index (χ3v) is 0.696. The molecule has 8 heavy (non-hydrogen) atoms. The van der Waals surface area contributed by atoms with Crippen molar-refractivity contribution in [2.75, 3.05) is 0 Å². The summed E-state index contributed by atoms with van der Waals surface area (Å²) in [5.41, 5.74) is 0. The van der Waals surface area contributed by atoms with Gasteiger partial charge in [0.1, 0.15) is 12.7 Å². The van der Waals surface area contributed by atoms with Crippen LogP contribution in [0.2, 0.25) is 0 Å². The molecule has 0 saturated heterocycles. The molecule has 0 aromatic carbocycles. The van der Waals surface area contributed by atoms with Crippen molar-refractivity contribution in [3.05, 3.63) is 25.1 Å². The topological polar surface area (TPSA) is 38.7 Å². The van der Waals surface area contributed by atoms with Crippen LogP contribution in [0.15, 0.2) is 19.2 Å². The van der Waals surface area contributed by atoms with Crippen molar-refractivity contribution in [2.45, 2.75) is 0 Å². The number of rotatable bonds is 1. The van der Waals surface area contributed by atoms with Gasteiger partial charge in [0.15, 0.2) is 5.82 Å². The van der Waals surface area contributed by atoms with E-state index in [-0.39, 0.29) is 0 Å². The fourth-order valence-electron chi connectivity index (χ4n) is 0.354. The molecule has 1 rings (SSSR count). The van der Waals surface area contributed by atoms with E-state index in [1.807, 2.05) is 0 Å². The molecule has 1 heterocycles. The average molecular weight is 107 g/mol. The number of hydrogen-bond donors (Lipinski definition) is 0. The first kappa shape index (κ1) is 4.90. The smallest absolute Gasteiger partial charge is 0.154 e. The van der Waals surface area contributed by atoms with E-state index in [9.17, 15) is 0 Å². The molecule has 0 aliphatic carbocycles. The Bertz CT molecular complexity index is 170. The summed E-state index contributed by atoms with van der Waals surface area (Å²) in [4.78, 5) is 11.1. The van der Waals surface area contributed by atoms with Crippen LogP contribution in [0, 0.1) is 0 Å². The normalized spacial score (nSPS) is 8.50. The highest BCUT2D eigenvalue weighted by Crippen LogP contribution is 1.82. The Hall–Kier alpha value is -1.25. The van der Waals surface area contributed by atoms with Gasteiger partial charge in [-0.3, -0.25) is 0 Å². The summed E-state index contributed by atoms with van der Waals surface area (Å²) in [5.74, 6) is 0.611. The molecule has 0 amide bonds. The lowest BCUT2D eigenvalue weighted by atomic mass is 10.6. The third kappa shape index (κ3) is 0.872. The molecule has 0 N–H and O–H groups in total. The summed E-state index contributed by atoms with van der Waals surface area (Å²) in [6, 6.07) is 0. The van der Waals surface area contributed by atoms with Crippen LogP contribution in [0.25, 0.3) is 6.08 Å². The second kappa shape index (κ2) is 2.16. The van der Waals surface area contributed by atoms with Crippen LogP contribution in [0.5, 0.6) is 0 Å². The van der Waals surface area contributed by atoms with E-state index in [2.05, 4.69) is 21.5 Å². The zero-order valence-electron chi connectivity index (χ0n) is 4.28. The van der Waals surface area contributed by atoms with E-state index < -0.39 is 0 Å². The van der Waals surface area contributed by atoms with Crippen molar-refractivity contribution >= 4 is 6.08 Å². The maximum absolute atomic E-state index is 3.76. The Morgan fingerprint density at radius 1 is 1.38 bits per heavy atom. The summed E-state index contributed by atoms with van der Waals surface area (Å²) >= 11 is 0. The molecule has 0 fully saturated rings. The van der Waals surface area contributed by atoms with Gasteiger partial charge < -0.3 is 0 Å². The van der Waals surface area contributed by atoms with Crippen LogP contribution in [-0.4, -0.2) is 15.0 Å². The van der Waals surface area contributed by atoms with E-state index in [4.69, 9.17) is 0 Å². The minimum absolute atomic E-state index is 0.611. The SMILES string of the molecule is C=Cc1ncncn1. The zero-order valence-corrected chi connectivity index (χ0v) is 4.28. The molecule has 0 spiro atoms. The highest BCUT2D eigenvalue weighted by Gasteiger charge is 1.79. The van der Waals surface area contributed by atoms with Gasteiger partial charge in [-0.1, -0.05) is 6.58 Å². The fourth-order valence-corrected chi connectivity index (χ4v) is 0.354. The van der Waals surface area contributed by atoms with Gasteiger partial charge in [-0.2, -0.15) is 0 Å². The van der Waals surface area contributed by atoms with Gasteiger partial charge in [0.05, 0.1) is 0 Å². The maximum Gasteiger partial charge on any atom is 0.154 e. The van der Waals surface area contributed by atoms with E-state index in [0.717, 1.165) is 0 Å². The molecule has 1 aromatic rings. The molecule has 1 aromatic heterocycles. The molecular weight excluding hydrogens is 102 g/mol. The zero-order chi connectivity index (χ0) is 5.82. The Morgan fingerprint density at radius 2 is 2.00 bits per heavy atom. The molecule has 0 unspecified atom stereocenters. The summed E-state index contributed by atoms with van der Waals surface area (Å²) in [5, 5.41) is 0. The highest BCUT2D eigenvalue weighted by molar-refractivity contribution is 5.33. The van der Waals surface area contributed by atoms with Crippen molar-refractivity contribution in [1.29, 1.82) is 0 Å². The molecule has 3 nitrogen and oxygen atoms in total. The molecule has 3 heteroatoms. The summed E-state index contributed by atoms with van der Waals surface area (Å²) < 4.78 is 0. The van der Waals surface area contributed by atoms with Crippen molar-refractivity contribution < 1.29 is 0 Å². The fraction of sp³-hybridized carbons (Fsp3) is 0. The van der Waals surface area contributed by atoms with Gasteiger partial charge in [0, 0.05) is 0 Å². The second-order valence-electron chi connectivity index (χ2n) is 1.20. The van der Waals surface area contributed by atoms with Crippen molar-refractivity contribution in [3.8, 4) is 0 Å². The summed E-state index contributed by atoms with van der Waals surface area (Å²) in [7, 11) is 0. The standard InChI is InChI=1S/C5H5N3/c1-2-5-7-3-6-4-8-5/h2-4H,1H2. The first-order valence-electron chi connectivity index (χ1n) is 2.18. The van der Waals surface area contributed by atoms with E-state index >= 15 is 0 Å². The predicted octanol–water partition coefficient (Wildman–Crippen LogP) is 0.515. The minimum atomic E-state index is 0.611. The lowest BCUT2D eigenvalue weighted by Gasteiger charge is -1.83. The lowest BCUT2D eigenvalue weighted by molar-refractivity contribution is 1.03. The number of aromatic nitrogens is 3. The van der Waals surface area contributed by atoms with Crippen LogP contribution < -0.4 is 0 Å². The molecule has 0 radical (unpaired) electrons. The second-order valence-corrected chi connectivity index (χ2v) is 1.20. The van der Waals surface area contributed by atoms with Gasteiger partial charge >= 0.3 is 0 Å². The molecule has 0 atom stereocenters. The van der Waals surface area contributed by atoms with E-state index in [1.54, 1.807) is 6.08 Å². The Balaban J connectivity index is 2.99. The first-order valence-corrected chi connectivity index (χ1v) is 2.18. The van der Waals surface area contributed by atoms with E-state index in [0.29, 0.717) is 5.82 Å². The lowest BCUT2D eigenvalue weighted by Crippen LogP contribution is -1.84. The monoisotopic (exact) mass is 107 g/mol. The number of nitrogens with zero attached hydrogens (tertiary/aromatic N) is 3. The highest BCUT2D eigenvalue weighted by atomic mass is 15.0. The van der Waals surface area contributed by atoms with Crippen LogP contribution in [0.1, 0.15) is 5.82 Å². The number of hydrogen-bond acceptors (Lipinski definition) is 3. The maximum atomic E-state index is 3.76. The van der Waals surface area contributed by atoms with Crippen LogP contribution in [0.4, 0.5) is 0 Å². The van der Waals surface area contributed by atoms with Crippen molar-refractivity contribution in [1.82, 2.24) is 15.0 Å². The predicted molar refractivity (Wildman–Crippen MR) is 29.9 cm³/mol. The quantitative estimate of drug-likeness (QED) is 0.525. The minimum Gasteiger partial charge on any atom is -0.225 e. The van der Waals surface area contributed by atoms with Crippen LogP contribution in [0.3, 0.4) is 0 Å². The molecule has 0 aliphatic heterocycles. The average Bonchev–Trinajstić information content (AvgIpc) is 1.90. The van der Waals surface area contributed by atoms with Gasteiger partial charge in [0.25, 0.3) is 0 Å². The molecular formula is C5H5N3. The van der Waals surface area contributed by atoms with Crippen molar-refractivity contribution in [3.63, 3.8) is 0 Å².